The minimum atomic E-state index is -0.135. The normalized spacial score (nSPS) is 18.1. The van der Waals surface area contributed by atoms with Crippen molar-refractivity contribution in [3.05, 3.63) is 47.0 Å². The first-order chi connectivity index (χ1) is 14.2. The first kappa shape index (κ1) is 19.8. The van der Waals surface area contributed by atoms with Gasteiger partial charge in [-0.25, -0.2) is 4.79 Å². The molecule has 0 unspecified atom stereocenters. The SMILES string of the molecule is Cc1ccccc1CN1CCC(NC(=O)NCc2nnc3n2CCOCC3)CC1. The van der Waals surface area contributed by atoms with Crippen LogP contribution in [0.1, 0.15) is 35.6 Å². The molecule has 0 atom stereocenters. The summed E-state index contributed by atoms with van der Waals surface area (Å²) >= 11 is 0. The molecule has 0 bridgehead atoms. The van der Waals surface area contributed by atoms with Gasteiger partial charge in [0.1, 0.15) is 5.82 Å². The molecule has 2 aliphatic heterocycles. The first-order valence-electron chi connectivity index (χ1n) is 10.5. The number of hydrogen-bond acceptors (Lipinski definition) is 5. The van der Waals surface area contributed by atoms with Gasteiger partial charge in [0.05, 0.1) is 19.8 Å². The second-order valence-corrected chi connectivity index (χ2v) is 7.85. The molecule has 8 nitrogen and oxygen atoms in total. The third-order valence-corrected chi connectivity index (χ3v) is 5.82. The molecule has 3 heterocycles. The van der Waals surface area contributed by atoms with E-state index >= 15 is 0 Å². The van der Waals surface area contributed by atoms with Gasteiger partial charge in [-0.2, -0.15) is 0 Å². The van der Waals surface area contributed by atoms with Crippen LogP contribution in [0.2, 0.25) is 0 Å². The zero-order valence-electron chi connectivity index (χ0n) is 17.1. The lowest BCUT2D eigenvalue weighted by Gasteiger charge is -2.32. The van der Waals surface area contributed by atoms with E-state index in [1.54, 1.807) is 0 Å². The minimum absolute atomic E-state index is 0.135. The van der Waals surface area contributed by atoms with Crippen molar-refractivity contribution in [2.24, 2.45) is 0 Å². The van der Waals surface area contributed by atoms with Gasteiger partial charge in [-0.05, 0) is 30.9 Å². The van der Waals surface area contributed by atoms with Crippen LogP contribution in [0.5, 0.6) is 0 Å². The van der Waals surface area contributed by atoms with Crippen LogP contribution >= 0.6 is 0 Å². The van der Waals surface area contributed by atoms with Gasteiger partial charge in [0, 0.05) is 38.6 Å². The Labute approximate surface area is 171 Å². The molecule has 0 spiro atoms. The number of aromatic nitrogens is 3. The maximum absolute atomic E-state index is 12.3. The summed E-state index contributed by atoms with van der Waals surface area (Å²) in [5.41, 5.74) is 2.72. The van der Waals surface area contributed by atoms with Gasteiger partial charge in [-0.3, -0.25) is 4.90 Å². The van der Waals surface area contributed by atoms with Gasteiger partial charge in [-0.15, -0.1) is 10.2 Å². The van der Waals surface area contributed by atoms with Gasteiger partial charge in [-0.1, -0.05) is 24.3 Å². The number of hydrogen-bond donors (Lipinski definition) is 2. The second-order valence-electron chi connectivity index (χ2n) is 7.85. The molecule has 0 radical (unpaired) electrons. The smallest absolute Gasteiger partial charge is 0.315 e. The van der Waals surface area contributed by atoms with Crippen LogP contribution in [-0.2, 0) is 30.8 Å². The second kappa shape index (κ2) is 9.37. The molecular weight excluding hydrogens is 368 g/mol. The number of carbonyl (C=O) groups excluding carboxylic acids is 1. The number of carbonyl (C=O) groups is 1. The number of urea groups is 1. The lowest BCUT2D eigenvalue weighted by Crippen LogP contribution is -2.47. The fraction of sp³-hybridized carbons (Fsp3) is 0.571. The number of fused-ring (bicyclic) bond motifs is 1. The van der Waals surface area contributed by atoms with E-state index in [-0.39, 0.29) is 12.1 Å². The zero-order valence-corrected chi connectivity index (χ0v) is 17.1. The van der Waals surface area contributed by atoms with Crippen LogP contribution in [0, 0.1) is 6.92 Å². The third-order valence-electron chi connectivity index (χ3n) is 5.82. The molecule has 156 valence electrons. The summed E-state index contributed by atoms with van der Waals surface area (Å²) in [6, 6.07) is 8.62. The summed E-state index contributed by atoms with van der Waals surface area (Å²) in [5, 5.41) is 14.5. The summed E-state index contributed by atoms with van der Waals surface area (Å²) in [7, 11) is 0. The predicted molar refractivity (Wildman–Crippen MR) is 109 cm³/mol. The molecule has 1 saturated heterocycles. The summed E-state index contributed by atoms with van der Waals surface area (Å²) in [6.07, 6.45) is 2.70. The van der Waals surface area contributed by atoms with Gasteiger partial charge in [0.25, 0.3) is 0 Å². The average molecular weight is 399 g/mol. The van der Waals surface area contributed by atoms with Crippen molar-refractivity contribution >= 4 is 6.03 Å². The molecule has 29 heavy (non-hydrogen) atoms. The van der Waals surface area contributed by atoms with Crippen LogP contribution in [0.4, 0.5) is 4.79 Å². The highest BCUT2D eigenvalue weighted by molar-refractivity contribution is 5.74. The van der Waals surface area contributed by atoms with E-state index in [1.165, 1.54) is 11.1 Å². The number of rotatable bonds is 5. The quantitative estimate of drug-likeness (QED) is 0.800. The van der Waals surface area contributed by atoms with Crippen molar-refractivity contribution in [3.8, 4) is 0 Å². The Morgan fingerprint density at radius 3 is 2.83 bits per heavy atom. The molecule has 0 saturated carbocycles. The van der Waals surface area contributed by atoms with Crippen molar-refractivity contribution < 1.29 is 9.53 Å². The Morgan fingerprint density at radius 2 is 2.00 bits per heavy atom. The minimum Gasteiger partial charge on any atom is -0.379 e. The van der Waals surface area contributed by atoms with Crippen molar-refractivity contribution in [1.82, 2.24) is 30.3 Å². The maximum atomic E-state index is 12.3. The van der Waals surface area contributed by atoms with E-state index in [2.05, 4.69) is 61.5 Å². The molecule has 4 rings (SSSR count). The van der Waals surface area contributed by atoms with Crippen LogP contribution in [-0.4, -0.2) is 58.0 Å². The summed E-state index contributed by atoms with van der Waals surface area (Å²) in [6.45, 7) is 7.59. The molecule has 2 aliphatic rings. The Kier molecular flexibility index (Phi) is 6.41. The lowest BCUT2D eigenvalue weighted by atomic mass is 10.0. The van der Waals surface area contributed by atoms with E-state index in [1.807, 2.05) is 0 Å². The van der Waals surface area contributed by atoms with Gasteiger partial charge >= 0.3 is 6.03 Å². The Bertz CT molecular complexity index is 828. The number of aryl methyl sites for hydroxylation is 1. The molecule has 2 N–H and O–H groups in total. The number of likely N-dealkylation sites (tertiary alicyclic amines) is 1. The first-order valence-corrected chi connectivity index (χ1v) is 10.5. The Hall–Kier alpha value is -2.45. The Morgan fingerprint density at radius 1 is 1.17 bits per heavy atom. The van der Waals surface area contributed by atoms with Crippen molar-refractivity contribution in [2.75, 3.05) is 26.3 Å². The molecule has 1 fully saturated rings. The van der Waals surface area contributed by atoms with E-state index in [0.29, 0.717) is 19.8 Å². The molecule has 8 heteroatoms. The topological polar surface area (TPSA) is 84.3 Å². The fourth-order valence-electron chi connectivity index (χ4n) is 4.03. The summed E-state index contributed by atoms with van der Waals surface area (Å²) in [5.74, 6) is 1.72. The molecular formula is C21H30N6O2. The molecule has 0 aliphatic carbocycles. The largest absolute Gasteiger partial charge is 0.379 e. The number of piperidine rings is 1. The van der Waals surface area contributed by atoms with Gasteiger partial charge in [0.15, 0.2) is 5.82 Å². The number of ether oxygens (including phenoxy) is 1. The fourth-order valence-corrected chi connectivity index (χ4v) is 4.03. The zero-order chi connectivity index (χ0) is 20.1. The molecule has 2 amide bonds. The van der Waals surface area contributed by atoms with Gasteiger partial charge in [0.2, 0.25) is 0 Å². The average Bonchev–Trinajstić information content (AvgIpc) is 2.95. The highest BCUT2D eigenvalue weighted by Gasteiger charge is 2.21. The van der Waals surface area contributed by atoms with E-state index in [0.717, 1.165) is 57.1 Å². The number of nitrogens with zero attached hydrogens (tertiary/aromatic N) is 4. The van der Waals surface area contributed by atoms with Gasteiger partial charge < -0.3 is 19.9 Å². The predicted octanol–water partition coefficient (Wildman–Crippen LogP) is 1.62. The third kappa shape index (κ3) is 5.13. The standard InChI is InChI=1S/C21H30N6O2/c1-16-4-2-3-5-17(16)15-26-9-6-18(7-10-26)23-21(28)22-14-20-25-24-19-8-12-29-13-11-27(19)20/h2-5,18H,6-15H2,1H3,(H2,22,23,28). The van der Waals surface area contributed by atoms with E-state index in [4.69, 9.17) is 4.74 Å². The number of amides is 2. The summed E-state index contributed by atoms with van der Waals surface area (Å²) in [4.78, 5) is 14.8. The van der Waals surface area contributed by atoms with E-state index < -0.39 is 0 Å². The molecule has 1 aromatic heterocycles. The number of benzene rings is 1. The van der Waals surface area contributed by atoms with E-state index in [9.17, 15) is 4.79 Å². The van der Waals surface area contributed by atoms with Crippen LogP contribution in [0.15, 0.2) is 24.3 Å². The maximum Gasteiger partial charge on any atom is 0.315 e. The lowest BCUT2D eigenvalue weighted by molar-refractivity contribution is 0.139. The Balaban J connectivity index is 1.20. The van der Waals surface area contributed by atoms with Crippen molar-refractivity contribution in [2.45, 2.75) is 51.9 Å². The molecule has 2 aromatic rings. The number of nitrogens with one attached hydrogen (secondary N) is 2. The van der Waals surface area contributed by atoms with Crippen LogP contribution < -0.4 is 10.6 Å². The summed E-state index contributed by atoms with van der Waals surface area (Å²) < 4.78 is 7.53. The van der Waals surface area contributed by atoms with Crippen molar-refractivity contribution in [1.29, 1.82) is 0 Å². The van der Waals surface area contributed by atoms with Crippen molar-refractivity contribution in [3.63, 3.8) is 0 Å². The van der Waals surface area contributed by atoms with Crippen LogP contribution in [0.25, 0.3) is 0 Å². The highest BCUT2D eigenvalue weighted by Crippen LogP contribution is 2.16. The monoisotopic (exact) mass is 398 g/mol. The van der Waals surface area contributed by atoms with Crippen LogP contribution in [0.3, 0.4) is 0 Å². The highest BCUT2D eigenvalue weighted by atomic mass is 16.5. The molecule has 1 aromatic carbocycles.